The molecule has 6 atom stereocenters. The molecule has 3 heterocycles. The number of anilines is 1. The monoisotopic (exact) mass is 703 g/mol. The third-order valence-corrected chi connectivity index (χ3v) is 19.9. The lowest BCUT2D eigenvalue weighted by atomic mass is 10.1. The van der Waals surface area contributed by atoms with Gasteiger partial charge in [-0.2, -0.15) is 4.98 Å². The summed E-state index contributed by atoms with van der Waals surface area (Å²) in [6, 6.07) is 4.48. The van der Waals surface area contributed by atoms with Crippen LogP contribution in [0.4, 0.5) is 14.6 Å². The first-order valence-corrected chi connectivity index (χ1v) is 22.7. The van der Waals surface area contributed by atoms with Crippen LogP contribution >= 0.6 is 7.82 Å². The van der Waals surface area contributed by atoms with Crippen molar-refractivity contribution in [2.24, 2.45) is 0 Å². The first-order chi connectivity index (χ1) is 21.0. The Labute approximate surface area is 271 Å². The Hall–Kier alpha value is -1.82. The fourth-order valence-electron chi connectivity index (χ4n) is 4.70. The molecule has 1 aromatic heterocycles. The van der Waals surface area contributed by atoms with Gasteiger partial charge in [0.15, 0.2) is 22.9 Å². The number of nitrogens with zero attached hydrogens (tertiary/aromatic N) is 2. The average molecular weight is 704 g/mol. The van der Waals surface area contributed by atoms with Gasteiger partial charge in [-0.15, -0.1) is 0 Å². The van der Waals surface area contributed by atoms with Gasteiger partial charge in [-0.05, 0) is 60.5 Å². The number of hydrogen-bond donors (Lipinski definition) is 1. The van der Waals surface area contributed by atoms with E-state index < -0.39 is 72.4 Å². The summed E-state index contributed by atoms with van der Waals surface area (Å²) in [4.78, 5) is 17.0. The molecule has 0 radical (unpaired) electrons. The number of rotatable bonds is 9. The van der Waals surface area contributed by atoms with E-state index in [-0.39, 0.29) is 41.1 Å². The highest BCUT2D eigenvalue weighted by atomic mass is 31.2. The lowest BCUT2D eigenvalue weighted by molar-refractivity contribution is -0.0594. The molecule has 0 spiro atoms. The van der Waals surface area contributed by atoms with Crippen molar-refractivity contribution in [1.29, 1.82) is 0 Å². The summed E-state index contributed by atoms with van der Waals surface area (Å²) in [5.74, 6) is -1.29. The highest BCUT2D eigenvalue weighted by Gasteiger charge is 2.55. The van der Waals surface area contributed by atoms with Crippen molar-refractivity contribution in [1.82, 2.24) is 9.55 Å². The van der Waals surface area contributed by atoms with Crippen LogP contribution in [0.15, 0.2) is 35.3 Å². The van der Waals surface area contributed by atoms with Gasteiger partial charge in [-0.1, -0.05) is 41.5 Å². The summed E-state index contributed by atoms with van der Waals surface area (Å²) in [5, 5.41) is -0.407. The highest BCUT2D eigenvalue weighted by Crippen LogP contribution is 2.58. The normalized spacial score (nSPS) is 28.0. The second-order valence-electron chi connectivity index (χ2n) is 14.9. The molecule has 1 aromatic carbocycles. The van der Waals surface area contributed by atoms with E-state index in [0.717, 1.165) is 18.2 Å². The van der Waals surface area contributed by atoms with E-state index in [1.54, 1.807) is 0 Å². The molecular weight excluding hydrogens is 655 g/mol. The summed E-state index contributed by atoms with van der Waals surface area (Å²) < 4.78 is 80.9. The van der Waals surface area contributed by atoms with E-state index in [2.05, 4.69) is 72.7 Å². The molecule has 2 aliphatic heterocycles. The number of hydrogen-bond acceptors (Lipinski definition) is 10. The minimum absolute atomic E-state index is 0.0593. The fourth-order valence-corrected chi connectivity index (χ4v) is 8.69. The number of halogens is 2. The highest BCUT2D eigenvalue weighted by molar-refractivity contribution is 7.48. The first-order valence-electron chi connectivity index (χ1n) is 15.4. The summed E-state index contributed by atoms with van der Waals surface area (Å²) in [5.41, 5.74) is 5.08. The van der Waals surface area contributed by atoms with Gasteiger partial charge in [0, 0.05) is 18.2 Å². The molecule has 0 bridgehead atoms. The molecule has 16 heteroatoms. The van der Waals surface area contributed by atoms with Crippen molar-refractivity contribution < 1.29 is 40.5 Å². The largest absolute Gasteiger partial charge is 0.475 e. The maximum atomic E-state index is 14.6. The van der Waals surface area contributed by atoms with Crippen LogP contribution in [0.5, 0.6) is 0 Å². The Morgan fingerprint density at radius 2 is 1.63 bits per heavy atom. The molecule has 0 aliphatic carbocycles. The Kier molecular flexibility index (Phi) is 10.7. The van der Waals surface area contributed by atoms with E-state index >= 15 is 0 Å². The number of nitrogens with two attached hydrogens (primary N) is 1. The molecule has 2 aliphatic rings. The zero-order chi connectivity index (χ0) is 34.5. The minimum Gasteiger partial charge on any atom is -0.408 e. The van der Waals surface area contributed by atoms with Gasteiger partial charge in [0.05, 0.1) is 19.3 Å². The number of phosphoric acid groups is 1. The minimum atomic E-state index is -4.27. The first kappa shape index (κ1) is 37.0. The molecule has 0 amide bonds. The van der Waals surface area contributed by atoms with Gasteiger partial charge in [-0.25, -0.2) is 18.1 Å². The SMILES string of the molecule is CC(C)(C)[Si](C)(C)O[C@H]1[C@H](O[Si](C)(C)C(C)(C)C)[C@@H](CO[P@]2(=O)OCC[C@H](c3cc(F)ccc3F)O2)O[C@H]1n1ccc(N)nc1=O. The second kappa shape index (κ2) is 13.2. The number of ether oxygens (including phenoxy) is 1. The number of phosphoric ester groups is 1. The van der Waals surface area contributed by atoms with Gasteiger partial charge < -0.3 is 19.3 Å². The summed E-state index contributed by atoms with van der Waals surface area (Å²) in [6.45, 7) is 20.6. The third-order valence-electron chi connectivity index (χ3n) is 9.47. The van der Waals surface area contributed by atoms with Crippen molar-refractivity contribution in [3.05, 3.63) is 58.1 Å². The zero-order valence-corrected chi connectivity index (χ0v) is 31.2. The number of benzene rings is 1. The molecule has 258 valence electrons. The smallest absolute Gasteiger partial charge is 0.408 e. The standard InChI is InChI=1S/C30H48F2N3O8PSi2/c1-29(2,3)45(7,8)42-25-23(18-39-44(37)38-16-14-22(41-44)20-17-19(31)11-12-21(20)32)40-27(35-15-13-24(33)34-28(35)36)26(25)43-46(9,10)30(4,5)6/h11-13,15,17,22-23,25-27H,14,16,18H2,1-10H3,(H2,33,34,36)/t22-,23-,25-,26+,27-,44+/m1/s1. The molecule has 2 N–H and O–H groups in total. The Morgan fingerprint density at radius 3 is 2.22 bits per heavy atom. The molecule has 0 saturated carbocycles. The molecule has 0 unspecified atom stereocenters. The third kappa shape index (κ3) is 8.07. The van der Waals surface area contributed by atoms with E-state index in [9.17, 15) is 18.1 Å². The van der Waals surface area contributed by atoms with Crippen molar-refractivity contribution >= 4 is 30.3 Å². The molecule has 2 saturated heterocycles. The number of aromatic nitrogens is 2. The molecule has 2 aromatic rings. The van der Waals surface area contributed by atoms with E-state index in [1.165, 1.54) is 16.8 Å². The summed E-state index contributed by atoms with van der Waals surface area (Å²) in [6.07, 6.45) is -2.85. The maximum absolute atomic E-state index is 14.6. The molecule has 11 nitrogen and oxygen atoms in total. The van der Waals surface area contributed by atoms with Crippen LogP contribution in [-0.2, 0) is 31.7 Å². The van der Waals surface area contributed by atoms with Crippen LogP contribution in [0.2, 0.25) is 36.3 Å². The Balaban J connectivity index is 1.70. The van der Waals surface area contributed by atoms with Crippen molar-refractivity contribution in [2.75, 3.05) is 18.9 Å². The summed E-state index contributed by atoms with van der Waals surface area (Å²) >= 11 is 0. The molecule has 4 rings (SSSR count). The van der Waals surface area contributed by atoms with E-state index in [1.807, 2.05) is 0 Å². The molecule has 2 fully saturated rings. The lowest BCUT2D eigenvalue weighted by Gasteiger charge is -2.44. The lowest BCUT2D eigenvalue weighted by Crippen LogP contribution is -2.54. The van der Waals surface area contributed by atoms with Crippen LogP contribution in [0.3, 0.4) is 0 Å². The summed E-state index contributed by atoms with van der Waals surface area (Å²) in [7, 11) is -9.29. The van der Waals surface area contributed by atoms with E-state index in [0.29, 0.717) is 0 Å². The maximum Gasteiger partial charge on any atom is 0.475 e. The Bertz CT molecular complexity index is 1510. The van der Waals surface area contributed by atoms with Crippen molar-refractivity contribution in [3.8, 4) is 0 Å². The quantitative estimate of drug-likeness (QED) is 0.213. The van der Waals surface area contributed by atoms with Crippen LogP contribution in [0.25, 0.3) is 0 Å². The van der Waals surface area contributed by atoms with Crippen molar-refractivity contribution in [3.63, 3.8) is 0 Å². The molecular formula is C30H48F2N3O8PSi2. The Morgan fingerprint density at radius 1 is 1.02 bits per heavy atom. The molecule has 46 heavy (non-hydrogen) atoms. The van der Waals surface area contributed by atoms with Crippen molar-refractivity contribution in [2.45, 2.75) is 115 Å². The van der Waals surface area contributed by atoms with Gasteiger partial charge in [0.25, 0.3) is 0 Å². The van der Waals surface area contributed by atoms with Crippen LogP contribution in [-0.4, -0.2) is 57.7 Å². The van der Waals surface area contributed by atoms with Crippen LogP contribution in [0, 0.1) is 11.6 Å². The fraction of sp³-hybridized carbons (Fsp3) is 0.667. The van der Waals surface area contributed by atoms with Gasteiger partial charge in [0.2, 0.25) is 0 Å². The topological polar surface area (TPSA) is 133 Å². The predicted octanol–water partition coefficient (Wildman–Crippen LogP) is 7.08. The predicted molar refractivity (Wildman–Crippen MR) is 175 cm³/mol. The van der Waals surface area contributed by atoms with Gasteiger partial charge in [0.1, 0.15) is 35.8 Å². The van der Waals surface area contributed by atoms with Crippen LogP contribution < -0.4 is 11.4 Å². The van der Waals surface area contributed by atoms with E-state index in [4.69, 9.17) is 32.9 Å². The zero-order valence-electron chi connectivity index (χ0n) is 28.3. The second-order valence-corrected chi connectivity index (χ2v) is 26.1. The average Bonchev–Trinajstić information content (AvgIpc) is 3.23. The number of nitrogen functional groups attached to an aromatic ring is 1. The van der Waals surface area contributed by atoms with Gasteiger partial charge >= 0.3 is 13.5 Å². The van der Waals surface area contributed by atoms with Crippen LogP contribution in [0.1, 0.15) is 65.9 Å². The van der Waals surface area contributed by atoms with Gasteiger partial charge in [-0.3, -0.25) is 18.1 Å².